The summed E-state index contributed by atoms with van der Waals surface area (Å²) in [6, 6.07) is 21.6. The summed E-state index contributed by atoms with van der Waals surface area (Å²) in [6.45, 7) is 0.299. The Morgan fingerprint density at radius 2 is 1.41 bits per heavy atom. The highest BCUT2D eigenvalue weighted by atomic mass is 15.0. The van der Waals surface area contributed by atoms with Crippen molar-refractivity contribution in [3.8, 4) is 0 Å². The van der Waals surface area contributed by atoms with E-state index in [9.17, 15) is 0 Å². The summed E-state index contributed by atoms with van der Waals surface area (Å²) in [5.74, 6) is 4.72. The predicted molar refractivity (Wildman–Crippen MR) is 94.3 cm³/mol. The Kier molecular flexibility index (Phi) is 2.36. The summed E-state index contributed by atoms with van der Waals surface area (Å²) < 4.78 is 0. The Hall–Kier alpha value is -2.74. The average Bonchev–Trinajstić information content (AvgIpc) is 2.58. The quantitative estimate of drug-likeness (QED) is 0.554. The number of fused-ring (bicyclic) bond motifs is 5. The molecule has 0 unspecified atom stereocenters. The molecule has 2 aliphatic heterocycles. The van der Waals surface area contributed by atoms with Gasteiger partial charge in [-0.2, -0.15) is 0 Å². The lowest BCUT2D eigenvalue weighted by molar-refractivity contribution is 0.929. The van der Waals surface area contributed by atoms with Crippen LogP contribution in [0.15, 0.2) is 60.7 Å². The minimum atomic E-state index is 0.299. The first-order valence-corrected chi connectivity index (χ1v) is 7.66. The van der Waals surface area contributed by atoms with Crippen LogP contribution >= 0.6 is 0 Å². The topological polar surface area (TPSA) is 3.24 Å². The Bertz CT molecular complexity index is 1140. The molecule has 2 heteroatoms. The molecule has 5 rings (SSSR count). The van der Waals surface area contributed by atoms with Crippen LogP contribution in [0.2, 0.25) is 0 Å². The Labute approximate surface area is 128 Å². The normalized spacial score (nSPS) is 14.7. The van der Waals surface area contributed by atoms with Gasteiger partial charge in [0.1, 0.15) is 0 Å². The van der Waals surface area contributed by atoms with Crippen LogP contribution in [0.4, 0.5) is 0 Å². The van der Waals surface area contributed by atoms with Gasteiger partial charge in [-0.15, -0.1) is 0 Å². The van der Waals surface area contributed by atoms with Crippen LogP contribution in [0.25, 0.3) is 35.1 Å². The summed E-state index contributed by atoms with van der Waals surface area (Å²) >= 11 is 0. The molecule has 0 spiro atoms. The van der Waals surface area contributed by atoms with Crippen molar-refractivity contribution in [3.63, 3.8) is 0 Å². The molecule has 0 aromatic heterocycles. The summed E-state index contributed by atoms with van der Waals surface area (Å²) in [4.78, 5) is 2.31. The molecule has 0 radical (unpaired) electrons. The van der Waals surface area contributed by atoms with Gasteiger partial charge in [0, 0.05) is 0 Å². The third-order valence-electron chi connectivity index (χ3n) is 4.61. The minimum Gasteiger partial charge on any atom is -0.389 e. The van der Waals surface area contributed by atoms with E-state index in [1.54, 1.807) is 0 Å². The van der Waals surface area contributed by atoms with E-state index in [2.05, 4.69) is 89.8 Å². The Balaban J connectivity index is 1.85. The van der Waals surface area contributed by atoms with E-state index in [4.69, 9.17) is 0 Å². The predicted octanol–water partition coefficient (Wildman–Crippen LogP) is 0.976. The molecule has 3 aromatic carbocycles. The van der Waals surface area contributed by atoms with Gasteiger partial charge >= 0.3 is 6.85 Å². The van der Waals surface area contributed by atoms with Gasteiger partial charge in [0.15, 0.2) is 0 Å². The molecule has 2 aliphatic rings. The number of hydrogen-bond acceptors (Lipinski definition) is 1. The fraction of sp³-hybridized carbons (Fsp3) is 0. The second kappa shape index (κ2) is 4.38. The Morgan fingerprint density at radius 1 is 0.636 bits per heavy atom. The third kappa shape index (κ3) is 1.67. The van der Waals surface area contributed by atoms with Crippen LogP contribution in [-0.4, -0.2) is 11.7 Å². The molecular formula is C20H14BN. The highest BCUT2D eigenvalue weighted by Gasteiger charge is 2.20. The van der Waals surface area contributed by atoms with Gasteiger partial charge < -0.3 is 4.81 Å². The molecule has 0 aliphatic carbocycles. The van der Waals surface area contributed by atoms with Crippen LogP contribution in [0.5, 0.6) is 0 Å². The average molecular weight is 279 g/mol. The molecule has 0 saturated carbocycles. The molecule has 0 bridgehead atoms. The van der Waals surface area contributed by atoms with E-state index < -0.39 is 0 Å². The zero-order valence-corrected chi connectivity index (χ0v) is 12.1. The zero-order chi connectivity index (χ0) is 14.5. The van der Waals surface area contributed by atoms with Crippen LogP contribution in [-0.2, 0) is 0 Å². The van der Waals surface area contributed by atoms with Crippen LogP contribution in [0, 0.1) is 0 Å². The van der Waals surface area contributed by atoms with Crippen molar-refractivity contribution in [1.29, 1.82) is 0 Å². The summed E-state index contributed by atoms with van der Waals surface area (Å²) in [6.07, 6.45) is 4.51. The molecule has 1 nitrogen and oxygen atoms in total. The number of nitrogens with zero attached hydrogens (tertiary/aromatic N) is 1. The lowest BCUT2D eigenvalue weighted by Gasteiger charge is -2.25. The summed E-state index contributed by atoms with van der Waals surface area (Å²) in [5.41, 5.74) is 0. The van der Waals surface area contributed by atoms with Crippen molar-refractivity contribution in [2.24, 2.45) is 0 Å². The first kappa shape index (κ1) is 11.9. The standard InChI is InChI=1S/C20H14BN/c1-2-7-17-13-22-14-18-10-9-15-5-3-4-8-19(15)20(18)12-21(22)11-16(17)6-1/h1-14H. The monoisotopic (exact) mass is 279 g/mol. The van der Waals surface area contributed by atoms with Gasteiger partial charge in [0.2, 0.25) is 0 Å². The first-order valence-electron chi connectivity index (χ1n) is 7.66. The van der Waals surface area contributed by atoms with Crippen molar-refractivity contribution < 1.29 is 0 Å². The van der Waals surface area contributed by atoms with Crippen LogP contribution in [0.3, 0.4) is 0 Å². The van der Waals surface area contributed by atoms with E-state index in [1.807, 2.05) is 0 Å². The largest absolute Gasteiger partial charge is 0.389 e. The maximum absolute atomic E-state index is 2.38. The molecule has 102 valence electrons. The Morgan fingerprint density at radius 3 is 2.36 bits per heavy atom. The van der Waals surface area contributed by atoms with Crippen LogP contribution < -0.4 is 20.9 Å². The van der Waals surface area contributed by atoms with E-state index in [-0.39, 0.29) is 0 Å². The van der Waals surface area contributed by atoms with Gasteiger partial charge in [-0.3, -0.25) is 0 Å². The number of benzene rings is 3. The van der Waals surface area contributed by atoms with Gasteiger partial charge in [-0.25, -0.2) is 0 Å². The molecule has 0 N–H and O–H groups in total. The lowest BCUT2D eigenvalue weighted by Crippen LogP contribution is -2.47. The highest BCUT2D eigenvalue weighted by Crippen LogP contribution is 2.11. The van der Waals surface area contributed by atoms with Crippen molar-refractivity contribution >= 4 is 42.0 Å². The maximum atomic E-state index is 2.38. The third-order valence-corrected chi connectivity index (χ3v) is 4.61. The highest BCUT2D eigenvalue weighted by molar-refractivity contribution is 6.84. The molecule has 22 heavy (non-hydrogen) atoms. The van der Waals surface area contributed by atoms with Crippen molar-refractivity contribution in [1.82, 2.24) is 4.81 Å². The van der Waals surface area contributed by atoms with Gasteiger partial charge in [-0.1, -0.05) is 72.6 Å². The van der Waals surface area contributed by atoms with E-state index >= 15 is 0 Å². The fourth-order valence-corrected chi connectivity index (χ4v) is 3.50. The molecule has 3 aromatic rings. The molecule has 0 amide bonds. The smallest absolute Gasteiger partial charge is 0.313 e. The second-order valence-corrected chi connectivity index (χ2v) is 5.95. The summed E-state index contributed by atoms with van der Waals surface area (Å²) in [5, 5.41) is 7.88. The van der Waals surface area contributed by atoms with Gasteiger partial charge in [0.05, 0.1) is 0 Å². The zero-order valence-electron chi connectivity index (χ0n) is 12.1. The summed E-state index contributed by atoms with van der Waals surface area (Å²) in [7, 11) is 0. The van der Waals surface area contributed by atoms with Crippen molar-refractivity contribution in [3.05, 3.63) is 81.5 Å². The second-order valence-electron chi connectivity index (χ2n) is 5.95. The molecule has 2 heterocycles. The van der Waals surface area contributed by atoms with Gasteiger partial charge in [0.25, 0.3) is 0 Å². The minimum absolute atomic E-state index is 0.299. The molecular weight excluding hydrogens is 265 g/mol. The first-order chi connectivity index (χ1) is 10.9. The molecule has 0 fully saturated rings. The SMILES string of the molecule is C1=c2ccccc2=CN2C=c3ccc4ccccc4c3=CB12. The van der Waals surface area contributed by atoms with Crippen molar-refractivity contribution in [2.75, 3.05) is 0 Å². The van der Waals surface area contributed by atoms with Crippen molar-refractivity contribution in [2.45, 2.75) is 0 Å². The maximum Gasteiger partial charge on any atom is 0.313 e. The fourth-order valence-electron chi connectivity index (χ4n) is 3.50. The van der Waals surface area contributed by atoms with Crippen LogP contribution in [0.1, 0.15) is 0 Å². The number of rotatable bonds is 0. The van der Waals surface area contributed by atoms with E-state index in [0.29, 0.717) is 6.85 Å². The number of hydrogen-bond donors (Lipinski definition) is 0. The lowest BCUT2D eigenvalue weighted by atomic mass is 9.57. The van der Waals surface area contributed by atoms with E-state index in [1.165, 1.54) is 31.6 Å². The van der Waals surface area contributed by atoms with Gasteiger partial charge in [-0.05, 0) is 44.0 Å². The molecule has 0 atom stereocenters. The molecule has 0 saturated heterocycles. The van der Waals surface area contributed by atoms with E-state index in [0.717, 1.165) is 0 Å².